The number of carbonyl (C=O) groups excluding carboxylic acids is 1. The van der Waals surface area contributed by atoms with Gasteiger partial charge in [-0.15, -0.1) is 10.1 Å². The lowest BCUT2D eigenvalue weighted by molar-refractivity contribution is -0.757. The van der Waals surface area contributed by atoms with E-state index >= 15 is 0 Å². The lowest BCUT2D eigenvalue weighted by Gasteiger charge is -2.31. The van der Waals surface area contributed by atoms with Gasteiger partial charge in [0.15, 0.2) is 0 Å². The molecule has 3 rings (SSSR count). The third-order valence-corrected chi connectivity index (χ3v) is 8.79. The van der Waals surface area contributed by atoms with Crippen LogP contribution < -0.4 is 4.74 Å². The number of esters is 1. The Kier molecular flexibility index (Phi) is 16.7. The number of hydrogen-bond acceptors (Lipinski definition) is 10. The topological polar surface area (TPSA) is 152 Å². The molecule has 1 heterocycles. The van der Waals surface area contributed by atoms with Crippen LogP contribution in [0, 0.1) is 27.9 Å². The van der Waals surface area contributed by atoms with Gasteiger partial charge >= 0.3 is 5.97 Å². The van der Waals surface area contributed by atoms with E-state index in [2.05, 4.69) is 9.74 Å². The van der Waals surface area contributed by atoms with Gasteiger partial charge in [-0.05, 0) is 94.5 Å². The van der Waals surface area contributed by atoms with Crippen LogP contribution in [0.15, 0.2) is 48.6 Å². The Balaban J connectivity index is 1.23. The Bertz CT molecular complexity index is 1080. The van der Waals surface area contributed by atoms with Crippen molar-refractivity contribution in [1.29, 1.82) is 0 Å². The number of rotatable bonds is 20. The van der Waals surface area contributed by atoms with Crippen LogP contribution in [0.4, 0.5) is 0 Å². The molecule has 1 aromatic rings. The molecule has 0 amide bonds. The van der Waals surface area contributed by atoms with Gasteiger partial charge in [-0.25, -0.2) is 0 Å². The van der Waals surface area contributed by atoms with Crippen molar-refractivity contribution in [3.05, 3.63) is 63.7 Å². The van der Waals surface area contributed by atoms with Crippen LogP contribution in [-0.4, -0.2) is 89.0 Å². The number of piperidine rings is 1. The molecular formula is C33H49ClN2O9. The molecule has 5 atom stereocenters. The molecule has 1 saturated heterocycles. The third-order valence-electron chi connectivity index (χ3n) is 8.56. The predicted molar refractivity (Wildman–Crippen MR) is 170 cm³/mol. The highest BCUT2D eigenvalue weighted by molar-refractivity contribution is 6.30. The zero-order valence-electron chi connectivity index (χ0n) is 26.0. The Morgan fingerprint density at radius 1 is 1.13 bits per heavy atom. The minimum Gasteiger partial charge on any atom is -0.491 e. The molecule has 2 fully saturated rings. The second kappa shape index (κ2) is 20.4. The van der Waals surface area contributed by atoms with E-state index in [1.807, 2.05) is 12.2 Å². The molecule has 0 aromatic heterocycles. The van der Waals surface area contributed by atoms with Gasteiger partial charge in [0.05, 0.1) is 25.4 Å². The molecule has 1 aliphatic carbocycles. The van der Waals surface area contributed by atoms with Crippen molar-refractivity contribution in [3.63, 3.8) is 0 Å². The molecule has 3 N–H and O–H groups in total. The summed E-state index contributed by atoms with van der Waals surface area (Å²) in [4.78, 5) is 29.1. The Hall–Kier alpha value is -2.70. The summed E-state index contributed by atoms with van der Waals surface area (Å²) in [6, 6.07) is 6.93. The monoisotopic (exact) mass is 652 g/mol. The summed E-state index contributed by atoms with van der Waals surface area (Å²) in [6.07, 6.45) is 12.4. The minimum absolute atomic E-state index is 0.0445. The third kappa shape index (κ3) is 14.5. The number of hydrogen-bond donors (Lipinski definition) is 3. The summed E-state index contributed by atoms with van der Waals surface area (Å²) in [7, 11) is 0. The fourth-order valence-corrected chi connectivity index (χ4v) is 6.23. The summed E-state index contributed by atoms with van der Waals surface area (Å²) in [5.74, 6) is 0.498. The zero-order chi connectivity index (χ0) is 32.4. The van der Waals surface area contributed by atoms with Gasteiger partial charge in [0.2, 0.25) is 0 Å². The first-order valence-electron chi connectivity index (χ1n) is 16.1. The van der Waals surface area contributed by atoms with Crippen molar-refractivity contribution in [3.8, 4) is 5.75 Å². The van der Waals surface area contributed by atoms with E-state index < -0.39 is 23.4 Å². The maximum absolute atomic E-state index is 12.1. The standard InChI is InChI=1S/C33H49ClN2O9/c34-26-9-5-10-28(22-26)44-24-27(37)13-14-30-29(31(38)23-32(30)39)11-3-1-2-4-12-33(40)43-20-7-17-35-18-15-25(16-19-35)8-6-21-45-36(41)42/h1,3,5,9-10,13-14,22,25,27,29-32,37-39H,2,4,6-8,11-12,15-21,23-24H2/b3-1-,14-13+/t27-,29-,30-,31+,32-/m1/s1. The number of ether oxygens (including phenoxy) is 2. The second-order valence-electron chi connectivity index (χ2n) is 12.0. The van der Waals surface area contributed by atoms with Gasteiger partial charge in [0.1, 0.15) is 18.5 Å². The zero-order valence-corrected chi connectivity index (χ0v) is 26.7. The molecule has 2 aliphatic rings. The minimum atomic E-state index is -0.870. The first-order chi connectivity index (χ1) is 21.7. The van der Waals surface area contributed by atoms with Gasteiger partial charge in [-0.3, -0.25) is 4.79 Å². The molecule has 45 heavy (non-hydrogen) atoms. The number of carbonyl (C=O) groups is 1. The molecule has 0 bridgehead atoms. The summed E-state index contributed by atoms with van der Waals surface area (Å²) in [6.45, 7) is 3.50. The molecule has 12 heteroatoms. The van der Waals surface area contributed by atoms with E-state index in [9.17, 15) is 30.2 Å². The van der Waals surface area contributed by atoms with Crippen LogP contribution in [0.3, 0.4) is 0 Å². The van der Waals surface area contributed by atoms with Crippen LogP contribution in [0.5, 0.6) is 5.75 Å². The van der Waals surface area contributed by atoms with E-state index in [-0.39, 0.29) is 37.4 Å². The van der Waals surface area contributed by atoms with Crippen LogP contribution >= 0.6 is 11.6 Å². The van der Waals surface area contributed by atoms with Crippen LogP contribution in [0.2, 0.25) is 5.02 Å². The molecule has 1 aromatic carbocycles. The van der Waals surface area contributed by atoms with Crippen LogP contribution in [0.25, 0.3) is 0 Å². The lowest BCUT2D eigenvalue weighted by atomic mass is 9.89. The van der Waals surface area contributed by atoms with Crippen molar-refractivity contribution >= 4 is 17.6 Å². The highest BCUT2D eigenvalue weighted by Crippen LogP contribution is 2.36. The van der Waals surface area contributed by atoms with Crippen LogP contribution in [0.1, 0.15) is 64.2 Å². The molecule has 0 radical (unpaired) electrons. The molecule has 11 nitrogen and oxygen atoms in total. The van der Waals surface area contributed by atoms with E-state index in [0.29, 0.717) is 55.4 Å². The molecule has 0 unspecified atom stereocenters. The summed E-state index contributed by atoms with van der Waals surface area (Å²) in [5, 5.41) is 41.3. The number of halogens is 1. The molecule has 0 spiro atoms. The van der Waals surface area contributed by atoms with Crippen LogP contribution in [-0.2, 0) is 14.4 Å². The SMILES string of the molecule is O=C(CCC/C=C\C[C@@H]1[C@@H](/C=C/[C@@H](O)COc2cccc(Cl)c2)[C@H](O)C[C@@H]1O)OCCCN1CCC(CCCO[N+](=O)[O-])CC1. The van der Waals surface area contributed by atoms with Crippen molar-refractivity contribution < 1.29 is 39.5 Å². The smallest absolute Gasteiger partial charge is 0.305 e. The van der Waals surface area contributed by atoms with Gasteiger partial charge in [-0.2, -0.15) is 0 Å². The Morgan fingerprint density at radius 3 is 2.69 bits per heavy atom. The highest BCUT2D eigenvalue weighted by Gasteiger charge is 2.39. The normalized spacial score (nSPS) is 23.5. The maximum Gasteiger partial charge on any atom is 0.305 e. The Morgan fingerprint density at radius 2 is 1.93 bits per heavy atom. The number of benzene rings is 1. The lowest BCUT2D eigenvalue weighted by Crippen LogP contribution is -2.35. The predicted octanol–water partition coefficient (Wildman–Crippen LogP) is 4.74. The molecule has 1 aliphatic heterocycles. The summed E-state index contributed by atoms with van der Waals surface area (Å²) < 4.78 is 11.0. The number of unbranched alkanes of at least 4 members (excludes halogenated alkanes) is 1. The van der Waals surface area contributed by atoms with E-state index in [1.165, 1.54) is 0 Å². The van der Waals surface area contributed by atoms with Gasteiger partial charge < -0.3 is 34.5 Å². The van der Waals surface area contributed by atoms with Gasteiger partial charge in [0.25, 0.3) is 5.09 Å². The van der Waals surface area contributed by atoms with E-state index in [4.69, 9.17) is 21.1 Å². The largest absolute Gasteiger partial charge is 0.491 e. The number of nitrogens with zero attached hydrogens (tertiary/aromatic N) is 2. The Labute approximate surface area is 270 Å². The average molecular weight is 653 g/mol. The fourth-order valence-electron chi connectivity index (χ4n) is 6.05. The number of likely N-dealkylation sites (tertiary alicyclic amines) is 1. The number of allylic oxidation sites excluding steroid dienone is 2. The van der Waals surface area contributed by atoms with Crippen molar-refractivity contribution in [1.82, 2.24) is 4.90 Å². The van der Waals surface area contributed by atoms with Gasteiger partial charge in [0, 0.05) is 30.3 Å². The van der Waals surface area contributed by atoms with Crippen molar-refractivity contribution in [2.45, 2.75) is 82.5 Å². The van der Waals surface area contributed by atoms with E-state index in [0.717, 1.165) is 45.3 Å². The van der Waals surface area contributed by atoms with Crippen molar-refractivity contribution in [2.24, 2.45) is 17.8 Å². The van der Waals surface area contributed by atoms with Gasteiger partial charge in [-0.1, -0.05) is 42.0 Å². The second-order valence-corrected chi connectivity index (χ2v) is 12.4. The fraction of sp³-hybridized carbons (Fsp3) is 0.667. The molecular weight excluding hydrogens is 604 g/mol. The van der Waals surface area contributed by atoms with E-state index in [1.54, 1.807) is 36.4 Å². The summed E-state index contributed by atoms with van der Waals surface area (Å²) in [5.41, 5.74) is 0. The first-order valence-corrected chi connectivity index (χ1v) is 16.5. The van der Waals surface area contributed by atoms with Crippen molar-refractivity contribution in [2.75, 3.05) is 39.5 Å². The highest BCUT2D eigenvalue weighted by atomic mass is 35.5. The quantitative estimate of drug-likeness (QED) is 0.0592. The average Bonchev–Trinajstić information content (AvgIpc) is 3.28. The summed E-state index contributed by atoms with van der Waals surface area (Å²) >= 11 is 5.95. The molecule has 1 saturated carbocycles. The first kappa shape index (κ1) is 36.8. The number of aliphatic hydroxyl groups is 3. The number of aliphatic hydroxyl groups excluding tert-OH is 3. The maximum atomic E-state index is 12.1. The molecule has 252 valence electrons.